The summed E-state index contributed by atoms with van der Waals surface area (Å²) in [6, 6.07) is -0.652. The van der Waals surface area contributed by atoms with E-state index in [2.05, 4.69) is 63.7 Å². The third kappa shape index (κ3) is 6.15. The highest BCUT2D eigenvalue weighted by Gasteiger charge is 2.76. The van der Waals surface area contributed by atoms with Gasteiger partial charge in [-0.25, -0.2) is 0 Å². The van der Waals surface area contributed by atoms with Crippen LogP contribution in [0.25, 0.3) is 0 Å². The number of carbonyl (C=O) groups is 3. The predicted molar refractivity (Wildman–Crippen MR) is 163 cm³/mol. The number of unbranched alkanes of at least 4 members (excludes halogenated alkanes) is 2. The van der Waals surface area contributed by atoms with Gasteiger partial charge in [0.25, 0.3) is 0 Å². The number of amides is 3. The van der Waals surface area contributed by atoms with E-state index >= 15 is 0 Å². The molecule has 3 aliphatic heterocycles. The van der Waals surface area contributed by atoms with Crippen molar-refractivity contribution < 1.29 is 19.5 Å². The van der Waals surface area contributed by atoms with Gasteiger partial charge in [-0.2, -0.15) is 0 Å². The van der Waals surface area contributed by atoms with Crippen molar-refractivity contribution in [2.24, 2.45) is 17.3 Å². The van der Waals surface area contributed by atoms with Gasteiger partial charge in [0.2, 0.25) is 17.7 Å². The molecule has 3 saturated heterocycles. The van der Waals surface area contributed by atoms with E-state index in [0.717, 1.165) is 12.8 Å². The van der Waals surface area contributed by atoms with Gasteiger partial charge >= 0.3 is 0 Å². The average Bonchev–Trinajstić information content (AvgIpc) is 3.41. The molecular formula is C30H48BrN3O4S. The number of hydrogen-bond donors (Lipinski definition) is 1. The van der Waals surface area contributed by atoms with E-state index in [1.807, 2.05) is 4.90 Å². The molecule has 220 valence electrons. The molecule has 3 aliphatic rings. The largest absolute Gasteiger partial charge is 0.396 e. The molecule has 3 amide bonds. The summed E-state index contributed by atoms with van der Waals surface area (Å²) in [5, 5.41) is 9.22. The van der Waals surface area contributed by atoms with Gasteiger partial charge in [0.1, 0.15) is 6.04 Å². The summed E-state index contributed by atoms with van der Waals surface area (Å²) in [5.41, 5.74) is -0.466. The molecule has 0 aromatic carbocycles. The first kappa shape index (κ1) is 32.2. The highest BCUT2D eigenvalue weighted by atomic mass is 79.9. The minimum absolute atomic E-state index is 0.00569. The fourth-order valence-corrected chi connectivity index (χ4v) is 10.9. The first-order chi connectivity index (χ1) is 18.2. The van der Waals surface area contributed by atoms with Crippen LogP contribution in [0.4, 0.5) is 0 Å². The number of fused-ring (bicyclic) bond motifs is 1. The summed E-state index contributed by atoms with van der Waals surface area (Å²) in [6.07, 6.45) is 7.04. The Hall–Kier alpha value is -1.32. The number of thioether (sulfide) groups is 1. The van der Waals surface area contributed by atoms with Crippen molar-refractivity contribution >= 4 is 45.4 Å². The molecular weight excluding hydrogens is 578 g/mol. The second kappa shape index (κ2) is 12.3. The lowest BCUT2D eigenvalue weighted by Crippen LogP contribution is -2.60. The van der Waals surface area contributed by atoms with Crippen LogP contribution in [0.3, 0.4) is 0 Å². The van der Waals surface area contributed by atoms with Crippen molar-refractivity contribution in [2.45, 2.75) is 93.1 Å². The molecule has 0 saturated carbocycles. The quantitative estimate of drug-likeness (QED) is 0.185. The SMILES string of the molecule is C=CCN(C)C(=O)[C@H]1[C@@H]2SC3(CC2Br)C(C(=O)N(CC=C)C(C)(C)CC(C)(C)C)N(CCCCCO)C(=O)[C@H]13. The maximum absolute atomic E-state index is 14.8. The summed E-state index contributed by atoms with van der Waals surface area (Å²) in [5.74, 6) is -1.21. The number of aliphatic hydroxyl groups is 1. The van der Waals surface area contributed by atoms with Crippen LogP contribution in [0, 0.1) is 17.3 Å². The second-order valence-electron chi connectivity index (χ2n) is 13.3. The number of halogens is 1. The van der Waals surface area contributed by atoms with Crippen molar-refractivity contribution in [3.05, 3.63) is 25.3 Å². The monoisotopic (exact) mass is 625 g/mol. The van der Waals surface area contributed by atoms with Crippen LogP contribution in [0.15, 0.2) is 25.3 Å². The Morgan fingerprint density at radius 2 is 1.77 bits per heavy atom. The molecule has 3 rings (SSSR count). The van der Waals surface area contributed by atoms with E-state index < -0.39 is 28.2 Å². The van der Waals surface area contributed by atoms with Gasteiger partial charge in [0.05, 0.1) is 16.6 Å². The van der Waals surface area contributed by atoms with Crippen LogP contribution in [-0.4, -0.2) is 97.2 Å². The molecule has 0 aliphatic carbocycles. The number of nitrogens with zero attached hydrogens (tertiary/aromatic N) is 3. The van der Waals surface area contributed by atoms with Crippen LogP contribution in [0.5, 0.6) is 0 Å². The third-order valence-corrected chi connectivity index (χ3v) is 11.6. The van der Waals surface area contributed by atoms with E-state index in [9.17, 15) is 19.5 Å². The highest BCUT2D eigenvalue weighted by molar-refractivity contribution is 9.09. The molecule has 2 bridgehead atoms. The second-order valence-corrected chi connectivity index (χ2v) is 16.0. The third-order valence-electron chi connectivity index (χ3n) is 8.42. The number of hydrogen-bond acceptors (Lipinski definition) is 5. The smallest absolute Gasteiger partial charge is 0.247 e. The van der Waals surface area contributed by atoms with Crippen LogP contribution in [0.1, 0.15) is 66.7 Å². The first-order valence-corrected chi connectivity index (χ1v) is 16.0. The fourth-order valence-electron chi connectivity index (χ4n) is 7.35. The number of carbonyl (C=O) groups excluding carboxylic acids is 3. The fraction of sp³-hybridized carbons (Fsp3) is 0.767. The molecule has 3 heterocycles. The van der Waals surface area contributed by atoms with E-state index in [1.165, 1.54) is 0 Å². The molecule has 39 heavy (non-hydrogen) atoms. The van der Waals surface area contributed by atoms with Crippen molar-refractivity contribution in [3.8, 4) is 0 Å². The molecule has 7 nitrogen and oxygen atoms in total. The minimum atomic E-state index is -0.670. The maximum Gasteiger partial charge on any atom is 0.247 e. The van der Waals surface area contributed by atoms with E-state index in [-0.39, 0.29) is 39.8 Å². The van der Waals surface area contributed by atoms with Gasteiger partial charge in [0.15, 0.2) is 0 Å². The summed E-state index contributed by atoms with van der Waals surface area (Å²) in [4.78, 5) is 48.2. The topological polar surface area (TPSA) is 81.2 Å². The number of alkyl halides is 1. The first-order valence-electron chi connectivity index (χ1n) is 14.2. The zero-order chi connectivity index (χ0) is 29.3. The Labute approximate surface area is 247 Å². The van der Waals surface area contributed by atoms with Crippen LogP contribution in [0.2, 0.25) is 0 Å². The molecule has 3 fully saturated rings. The Morgan fingerprint density at radius 3 is 2.33 bits per heavy atom. The molecule has 1 spiro atoms. The molecule has 9 heteroatoms. The van der Waals surface area contributed by atoms with Gasteiger partial charge in [0, 0.05) is 48.9 Å². The molecule has 1 N–H and O–H groups in total. The lowest BCUT2D eigenvalue weighted by atomic mass is 9.70. The Balaban J connectivity index is 2.08. The molecule has 0 aromatic rings. The Morgan fingerprint density at radius 1 is 1.13 bits per heavy atom. The van der Waals surface area contributed by atoms with Gasteiger partial charge < -0.3 is 19.8 Å². The molecule has 3 unspecified atom stereocenters. The zero-order valence-electron chi connectivity index (χ0n) is 24.6. The van der Waals surface area contributed by atoms with Crippen LogP contribution in [-0.2, 0) is 14.4 Å². The minimum Gasteiger partial charge on any atom is -0.396 e. The van der Waals surface area contributed by atoms with Crippen molar-refractivity contribution in [1.29, 1.82) is 0 Å². The molecule has 0 radical (unpaired) electrons. The summed E-state index contributed by atoms with van der Waals surface area (Å²) >= 11 is 5.53. The lowest BCUT2D eigenvalue weighted by Gasteiger charge is -2.46. The van der Waals surface area contributed by atoms with Gasteiger partial charge in [-0.3, -0.25) is 14.4 Å². The van der Waals surface area contributed by atoms with Crippen LogP contribution < -0.4 is 0 Å². The van der Waals surface area contributed by atoms with Crippen molar-refractivity contribution in [2.75, 3.05) is 33.3 Å². The maximum atomic E-state index is 14.8. The highest BCUT2D eigenvalue weighted by Crippen LogP contribution is 2.68. The van der Waals surface area contributed by atoms with E-state index in [4.69, 9.17) is 0 Å². The summed E-state index contributed by atoms with van der Waals surface area (Å²) < 4.78 is -0.670. The van der Waals surface area contributed by atoms with Gasteiger partial charge in [-0.1, -0.05) is 48.9 Å². The predicted octanol–water partition coefficient (Wildman–Crippen LogP) is 4.49. The normalized spacial score (nSPS) is 29.9. The number of likely N-dealkylation sites (tertiary alicyclic amines) is 1. The number of likely N-dealkylation sites (N-methyl/N-ethyl adjacent to an activating group) is 1. The standard InChI is InChI=1S/C30H48BrN3O4S/c1-9-14-32(8)25(36)21-22-26(37)33(16-12-11-13-17-35)24(30(22)18-20(31)23(21)39-30)27(38)34(15-10-2)29(6,7)19-28(3,4)5/h9-10,20-24,35H,1-2,11-19H2,3-8H3/t20?,21-,22+,23-,24?,30?/m1/s1. The van der Waals surface area contributed by atoms with Gasteiger partial charge in [-0.05, 0) is 51.4 Å². The van der Waals surface area contributed by atoms with Crippen molar-refractivity contribution in [1.82, 2.24) is 14.7 Å². The molecule has 0 aromatic heterocycles. The van der Waals surface area contributed by atoms with Crippen LogP contribution >= 0.6 is 27.7 Å². The average molecular weight is 627 g/mol. The van der Waals surface area contributed by atoms with E-state index in [0.29, 0.717) is 38.9 Å². The Bertz CT molecular complexity index is 966. The zero-order valence-corrected chi connectivity index (χ0v) is 27.0. The summed E-state index contributed by atoms with van der Waals surface area (Å²) in [7, 11) is 1.76. The summed E-state index contributed by atoms with van der Waals surface area (Å²) in [6.45, 7) is 19.8. The van der Waals surface area contributed by atoms with E-state index in [1.54, 1.807) is 40.8 Å². The Kier molecular flexibility index (Phi) is 10.1. The molecule has 6 atom stereocenters. The number of aliphatic hydroxyl groups excluding tert-OH is 1. The van der Waals surface area contributed by atoms with Gasteiger partial charge in [-0.15, -0.1) is 24.9 Å². The lowest BCUT2D eigenvalue weighted by molar-refractivity contribution is -0.147. The number of rotatable bonds is 13. The van der Waals surface area contributed by atoms with Crippen molar-refractivity contribution in [3.63, 3.8) is 0 Å².